The molecule has 0 radical (unpaired) electrons. The van der Waals surface area contributed by atoms with E-state index in [1.807, 2.05) is 68.9 Å². The minimum Gasteiger partial charge on any atom is -0.451 e. The van der Waals surface area contributed by atoms with Crippen LogP contribution < -0.4 is 0 Å². The zero-order chi connectivity index (χ0) is 22.7. The summed E-state index contributed by atoms with van der Waals surface area (Å²) >= 11 is 1.89. The predicted molar refractivity (Wildman–Crippen MR) is 130 cm³/mol. The molecule has 2 aromatic carbocycles. The lowest BCUT2D eigenvalue weighted by molar-refractivity contribution is 0.0445. The number of hydrogen-bond donors (Lipinski definition) is 0. The number of Topliss-reactive ketones (excluding diaryl/α,β-unsaturated/α-hetero) is 1. The van der Waals surface area contributed by atoms with Crippen LogP contribution in [0.4, 0.5) is 0 Å². The molecule has 1 aromatic heterocycles. The van der Waals surface area contributed by atoms with Gasteiger partial charge in [0, 0.05) is 27.5 Å². The molecular formula is C27H30O4S. The van der Waals surface area contributed by atoms with Gasteiger partial charge in [-0.05, 0) is 62.4 Å². The third kappa shape index (κ3) is 4.93. The first-order valence-corrected chi connectivity index (χ1v) is 12.4. The maximum Gasteiger partial charge on any atom is 0.375 e. The second-order valence-electron chi connectivity index (χ2n) is 8.73. The Balaban J connectivity index is 1.50. The lowest BCUT2D eigenvalue weighted by Crippen LogP contribution is -2.16. The molecule has 3 aromatic rings. The van der Waals surface area contributed by atoms with Crippen molar-refractivity contribution in [1.82, 2.24) is 0 Å². The van der Waals surface area contributed by atoms with Crippen LogP contribution in [0.5, 0.6) is 0 Å². The van der Waals surface area contributed by atoms with E-state index in [4.69, 9.17) is 9.15 Å². The van der Waals surface area contributed by atoms with E-state index in [-0.39, 0.29) is 18.2 Å². The molecule has 0 N–H and O–H groups in total. The third-order valence-corrected chi connectivity index (χ3v) is 7.77. The number of benzene rings is 2. The van der Waals surface area contributed by atoms with E-state index in [0.29, 0.717) is 22.1 Å². The monoisotopic (exact) mass is 450 g/mol. The van der Waals surface area contributed by atoms with Crippen LogP contribution >= 0.6 is 11.8 Å². The van der Waals surface area contributed by atoms with E-state index >= 15 is 0 Å². The fraction of sp³-hybridized carbons (Fsp3) is 0.407. The van der Waals surface area contributed by atoms with Crippen molar-refractivity contribution in [3.8, 4) is 0 Å². The van der Waals surface area contributed by atoms with E-state index in [1.54, 1.807) is 0 Å². The Kier molecular flexibility index (Phi) is 7.04. The number of rotatable bonds is 7. The molecule has 168 valence electrons. The number of carbonyl (C=O) groups excluding carboxylic acids is 2. The van der Waals surface area contributed by atoms with Crippen molar-refractivity contribution in [2.24, 2.45) is 0 Å². The normalized spacial score (nSPS) is 14.6. The molecular weight excluding hydrogens is 420 g/mol. The lowest BCUT2D eigenvalue weighted by Gasteiger charge is -2.20. The molecule has 0 unspecified atom stereocenters. The summed E-state index contributed by atoms with van der Waals surface area (Å²) in [5, 5.41) is 1.56. The summed E-state index contributed by atoms with van der Waals surface area (Å²) in [6, 6.07) is 11.6. The molecule has 0 bridgehead atoms. The van der Waals surface area contributed by atoms with Crippen LogP contribution in [0.1, 0.15) is 75.3 Å². The smallest absolute Gasteiger partial charge is 0.375 e. The Bertz CT molecular complexity index is 1140. The number of carbonyl (C=O) groups is 2. The highest BCUT2D eigenvalue weighted by atomic mass is 32.2. The van der Waals surface area contributed by atoms with Gasteiger partial charge in [-0.15, -0.1) is 0 Å². The van der Waals surface area contributed by atoms with Gasteiger partial charge in [-0.1, -0.05) is 43.5 Å². The molecule has 0 atom stereocenters. The zero-order valence-corrected chi connectivity index (χ0v) is 19.8. The van der Waals surface area contributed by atoms with Gasteiger partial charge in [0.15, 0.2) is 6.61 Å². The topological polar surface area (TPSA) is 56.5 Å². The molecule has 0 amide bonds. The summed E-state index contributed by atoms with van der Waals surface area (Å²) in [4.78, 5) is 25.7. The van der Waals surface area contributed by atoms with Gasteiger partial charge in [-0.25, -0.2) is 4.79 Å². The van der Waals surface area contributed by atoms with Gasteiger partial charge in [-0.2, -0.15) is 11.8 Å². The number of aryl methyl sites for hydroxylation is 3. The average molecular weight is 451 g/mol. The maximum atomic E-state index is 13.0. The number of ketones is 1. The molecule has 4 nitrogen and oxygen atoms in total. The Morgan fingerprint density at radius 3 is 2.50 bits per heavy atom. The van der Waals surface area contributed by atoms with Crippen LogP contribution in [0.2, 0.25) is 0 Å². The highest BCUT2D eigenvalue weighted by molar-refractivity contribution is 7.99. The summed E-state index contributed by atoms with van der Waals surface area (Å²) in [5.74, 6) is 0.152. The largest absolute Gasteiger partial charge is 0.451 e. The number of para-hydroxylation sites is 1. The van der Waals surface area contributed by atoms with Crippen molar-refractivity contribution < 1.29 is 18.7 Å². The Morgan fingerprint density at radius 1 is 1.00 bits per heavy atom. The molecule has 4 rings (SSSR count). The molecule has 5 heteroatoms. The van der Waals surface area contributed by atoms with Gasteiger partial charge in [0.1, 0.15) is 5.58 Å². The summed E-state index contributed by atoms with van der Waals surface area (Å²) in [6.07, 6.45) is 6.32. The molecule has 1 saturated carbocycles. The van der Waals surface area contributed by atoms with E-state index in [1.165, 1.54) is 32.1 Å². The Hall–Kier alpha value is -2.53. The first-order valence-electron chi connectivity index (χ1n) is 11.3. The highest BCUT2D eigenvalue weighted by Gasteiger charge is 2.24. The zero-order valence-electron chi connectivity index (χ0n) is 19.0. The number of esters is 1. The summed E-state index contributed by atoms with van der Waals surface area (Å²) in [7, 11) is 0. The molecule has 1 aliphatic rings. The minimum atomic E-state index is -0.574. The van der Waals surface area contributed by atoms with Gasteiger partial charge >= 0.3 is 5.97 Å². The Labute approximate surface area is 193 Å². The summed E-state index contributed by atoms with van der Waals surface area (Å²) in [5.41, 5.74) is 5.22. The highest BCUT2D eigenvalue weighted by Crippen LogP contribution is 2.35. The number of hydrogen-bond acceptors (Lipinski definition) is 5. The first-order chi connectivity index (χ1) is 15.4. The SMILES string of the molecule is Cc1cc(C)c(C(=O)COC(=O)c2oc3ccccc3c2CSC2CCCCC2)cc1C. The van der Waals surface area contributed by atoms with Crippen LogP contribution in [-0.2, 0) is 10.5 Å². The van der Waals surface area contributed by atoms with Crippen LogP contribution in [-0.4, -0.2) is 23.6 Å². The summed E-state index contributed by atoms with van der Waals surface area (Å²) in [6.45, 7) is 5.60. The van der Waals surface area contributed by atoms with Gasteiger partial charge in [0.2, 0.25) is 11.5 Å². The number of fused-ring (bicyclic) bond motifs is 1. The maximum absolute atomic E-state index is 13.0. The van der Waals surface area contributed by atoms with Crippen LogP contribution in [0.25, 0.3) is 11.0 Å². The van der Waals surface area contributed by atoms with Crippen molar-refractivity contribution >= 4 is 34.5 Å². The van der Waals surface area contributed by atoms with Crippen LogP contribution in [0.15, 0.2) is 40.8 Å². The van der Waals surface area contributed by atoms with E-state index in [9.17, 15) is 9.59 Å². The van der Waals surface area contributed by atoms with Gasteiger partial charge in [0.05, 0.1) is 0 Å². The lowest BCUT2D eigenvalue weighted by atomic mass is 9.98. The second-order valence-corrected chi connectivity index (χ2v) is 10.0. The number of thioether (sulfide) groups is 1. The van der Waals surface area contributed by atoms with Crippen molar-refractivity contribution in [3.05, 3.63) is 70.0 Å². The molecule has 1 fully saturated rings. The fourth-order valence-corrected chi connectivity index (χ4v) is 5.73. The Morgan fingerprint density at radius 2 is 1.72 bits per heavy atom. The minimum absolute atomic E-state index is 0.201. The molecule has 0 aliphatic heterocycles. The molecule has 1 heterocycles. The van der Waals surface area contributed by atoms with E-state index in [2.05, 4.69) is 0 Å². The second kappa shape index (κ2) is 9.95. The molecule has 0 spiro atoms. The van der Waals surface area contributed by atoms with Crippen LogP contribution in [0, 0.1) is 20.8 Å². The number of ether oxygens (including phenoxy) is 1. The van der Waals surface area contributed by atoms with E-state index in [0.717, 1.165) is 27.6 Å². The standard InChI is InChI=1S/C27H30O4S/c1-17-13-19(3)22(14-18(17)2)24(28)15-30-27(29)26-23(16-32-20-9-5-4-6-10-20)21-11-7-8-12-25(21)31-26/h7-8,11-14,20H,4-6,9-10,15-16H2,1-3H3. The van der Waals surface area contributed by atoms with Crippen molar-refractivity contribution in [1.29, 1.82) is 0 Å². The molecule has 32 heavy (non-hydrogen) atoms. The predicted octanol–water partition coefficient (Wildman–Crippen LogP) is 6.96. The third-order valence-electron chi connectivity index (χ3n) is 6.37. The van der Waals surface area contributed by atoms with Crippen molar-refractivity contribution in [2.45, 2.75) is 63.9 Å². The van der Waals surface area contributed by atoms with Gasteiger partial charge in [0.25, 0.3) is 0 Å². The molecule has 0 saturated heterocycles. The number of furan rings is 1. The van der Waals surface area contributed by atoms with Crippen LogP contribution in [0.3, 0.4) is 0 Å². The van der Waals surface area contributed by atoms with E-state index < -0.39 is 5.97 Å². The first kappa shape index (κ1) is 22.7. The quantitative estimate of drug-likeness (QED) is 0.287. The fourth-order valence-electron chi connectivity index (χ4n) is 4.38. The molecule has 1 aliphatic carbocycles. The van der Waals surface area contributed by atoms with Gasteiger partial charge < -0.3 is 9.15 Å². The van der Waals surface area contributed by atoms with Crippen molar-refractivity contribution in [3.63, 3.8) is 0 Å². The summed E-state index contributed by atoms with van der Waals surface area (Å²) < 4.78 is 11.3. The van der Waals surface area contributed by atoms with Gasteiger partial charge in [-0.3, -0.25) is 4.79 Å². The average Bonchev–Trinajstić information content (AvgIpc) is 3.17. The van der Waals surface area contributed by atoms with Crippen molar-refractivity contribution in [2.75, 3.05) is 6.61 Å².